The lowest BCUT2D eigenvalue weighted by Gasteiger charge is -2.03. The van der Waals surface area contributed by atoms with Crippen LogP contribution >= 0.6 is 0 Å². The summed E-state index contributed by atoms with van der Waals surface area (Å²) >= 11 is 0. The van der Waals surface area contributed by atoms with Gasteiger partial charge < -0.3 is 15.4 Å². The Hall–Kier alpha value is -1.97. The first-order valence-corrected chi connectivity index (χ1v) is 14.1. The van der Waals surface area contributed by atoms with Gasteiger partial charge in [-0.2, -0.15) is 0 Å². The lowest BCUT2D eigenvalue weighted by atomic mass is 10.0. The molecule has 0 aliphatic rings. The smallest absolute Gasteiger partial charge is 0.216 e. The molecule has 1 amide bonds. The highest BCUT2D eigenvalue weighted by Gasteiger charge is 2.04. The molecule has 0 aliphatic carbocycles. The van der Waals surface area contributed by atoms with Crippen LogP contribution in [-0.2, 0) is 11.2 Å². The van der Waals surface area contributed by atoms with Crippen molar-refractivity contribution >= 4 is 16.8 Å². The summed E-state index contributed by atoms with van der Waals surface area (Å²) in [5, 5.41) is 13.2. The average molecular weight is 473 g/mol. The van der Waals surface area contributed by atoms with Gasteiger partial charge in [-0.25, -0.2) is 0 Å². The molecule has 0 bridgehead atoms. The van der Waals surface area contributed by atoms with Crippen LogP contribution < -0.4 is 5.32 Å². The fourth-order valence-corrected chi connectivity index (χ4v) is 4.37. The first-order chi connectivity index (χ1) is 16.6. The van der Waals surface area contributed by atoms with Gasteiger partial charge in [0.25, 0.3) is 0 Å². The van der Waals surface area contributed by atoms with Crippen molar-refractivity contribution in [2.24, 2.45) is 0 Å². The lowest BCUT2D eigenvalue weighted by Crippen LogP contribution is -2.22. The van der Waals surface area contributed by atoms with Gasteiger partial charge in [0.05, 0.1) is 0 Å². The number of nitrogens with one attached hydrogen (secondary N) is 2. The molecule has 0 fully saturated rings. The number of phenolic OH excluding ortho intramolecular Hbond substituents is 1. The molecular weight excluding hydrogens is 420 g/mol. The van der Waals surface area contributed by atoms with Crippen LogP contribution in [0, 0.1) is 0 Å². The zero-order chi connectivity index (χ0) is 24.9. The number of amides is 1. The second-order valence-electron chi connectivity index (χ2n) is 9.73. The third kappa shape index (κ3) is 15.0. The van der Waals surface area contributed by atoms with Crippen molar-refractivity contribution in [2.45, 2.75) is 130 Å². The summed E-state index contributed by atoms with van der Waals surface area (Å²) in [4.78, 5) is 13.9. The summed E-state index contributed by atoms with van der Waals surface area (Å²) in [5.41, 5.74) is 2.09. The molecule has 0 saturated heterocycles. The topological polar surface area (TPSA) is 65.1 Å². The largest absolute Gasteiger partial charge is 0.508 e. The fraction of sp³-hybridized carbons (Fsp3) is 0.700. The van der Waals surface area contributed by atoms with Gasteiger partial charge in [-0.15, -0.1) is 0 Å². The highest BCUT2D eigenvalue weighted by atomic mass is 16.3. The molecule has 1 aromatic heterocycles. The zero-order valence-electron chi connectivity index (χ0n) is 22.4. The third-order valence-corrected chi connectivity index (χ3v) is 6.48. The zero-order valence-corrected chi connectivity index (χ0v) is 22.4. The number of aromatic nitrogens is 1. The number of carbonyl (C=O) groups is 1. The number of phenols is 1. The summed E-state index contributed by atoms with van der Waals surface area (Å²) in [6, 6.07) is 5.22. The molecule has 0 spiro atoms. The predicted octanol–water partition coefficient (Wildman–Crippen LogP) is 8.82. The molecule has 4 nitrogen and oxygen atoms in total. The van der Waals surface area contributed by atoms with Crippen LogP contribution in [0.2, 0.25) is 0 Å². The van der Waals surface area contributed by atoms with Crippen molar-refractivity contribution in [1.82, 2.24) is 10.3 Å². The molecule has 0 saturated carbocycles. The van der Waals surface area contributed by atoms with Crippen LogP contribution in [0.5, 0.6) is 5.75 Å². The molecule has 4 heteroatoms. The van der Waals surface area contributed by atoms with E-state index in [0.29, 0.717) is 6.54 Å². The number of aromatic amines is 1. The van der Waals surface area contributed by atoms with Crippen LogP contribution in [0.25, 0.3) is 10.9 Å². The second-order valence-corrected chi connectivity index (χ2v) is 9.73. The fourth-order valence-electron chi connectivity index (χ4n) is 4.37. The molecule has 194 valence electrons. The van der Waals surface area contributed by atoms with Gasteiger partial charge in [0.15, 0.2) is 0 Å². The minimum absolute atomic E-state index is 0.0253. The Morgan fingerprint density at radius 3 is 1.71 bits per heavy atom. The van der Waals surface area contributed by atoms with E-state index in [2.05, 4.69) is 24.1 Å². The maximum atomic E-state index is 10.7. The molecule has 2 rings (SSSR count). The van der Waals surface area contributed by atoms with E-state index < -0.39 is 0 Å². The Morgan fingerprint density at radius 2 is 1.26 bits per heavy atom. The number of fused-ring (bicyclic) bond motifs is 1. The van der Waals surface area contributed by atoms with Gasteiger partial charge in [-0.05, 0) is 30.2 Å². The Morgan fingerprint density at radius 1 is 0.794 bits per heavy atom. The van der Waals surface area contributed by atoms with Crippen molar-refractivity contribution < 1.29 is 9.90 Å². The van der Waals surface area contributed by atoms with Crippen LogP contribution in [0.1, 0.15) is 129 Å². The molecule has 0 radical (unpaired) electrons. The highest BCUT2D eigenvalue weighted by Crippen LogP contribution is 2.23. The van der Waals surface area contributed by atoms with E-state index in [-0.39, 0.29) is 11.7 Å². The van der Waals surface area contributed by atoms with E-state index in [0.717, 1.165) is 22.9 Å². The van der Waals surface area contributed by atoms with Gasteiger partial charge in [-0.3, -0.25) is 4.79 Å². The van der Waals surface area contributed by atoms with Gasteiger partial charge in [0, 0.05) is 30.6 Å². The Kier molecular flexibility index (Phi) is 18.0. The van der Waals surface area contributed by atoms with Gasteiger partial charge >= 0.3 is 0 Å². The van der Waals surface area contributed by atoms with E-state index in [1.54, 1.807) is 12.1 Å². The molecule has 1 heterocycles. The highest BCUT2D eigenvalue weighted by molar-refractivity contribution is 5.84. The maximum Gasteiger partial charge on any atom is 0.216 e. The van der Waals surface area contributed by atoms with Gasteiger partial charge in [0.2, 0.25) is 5.91 Å². The number of hydrogen-bond acceptors (Lipinski definition) is 2. The van der Waals surface area contributed by atoms with Crippen LogP contribution in [-0.4, -0.2) is 22.5 Å². The normalized spacial score (nSPS) is 10.8. The van der Waals surface area contributed by atoms with E-state index in [1.807, 2.05) is 12.3 Å². The Balaban J connectivity index is 0.000000341. The molecule has 0 unspecified atom stereocenters. The molecule has 34 heavy (non-hydrogen) atoms. The molecule has 1 aromatic carbocycles. The monoisotopic (exact) mass is 472 g/mol. The van der Waals surface area contributed by atoms with Crippen LogP contribution in [0.15, 0.2) is 24.4 Å². The van der Waals surface area contributed by atoms with Crippen molar-refractivity contribution in [1.29, 1.82) is 0 Å². The first-order valence-electron chi connectivity index (χ1n) is 14.1. The summed E-state index contributed by atoms with van der Waals surface area (Å²) in [6.45, 7) is 6.70. The SMILES string of the molecule is CC(=O)NCCc1c[nH]c2ccc(O)cc12.CCCCCCCCCCCCCCCCCC. The molecule has 0 aliphatic heterocycles. The summed E-state index contributed by atoms with van der Waals surface area (Å²) < 4.78 is 0. The molecule has 0 atom stereocenters. The Bertz CT molecular complexity index is 737. The summed E-state index contributed by atoms with van der Waals surface area (Å²) in [5.74, 6) is 0.232. The number of H-pyrrole nitrogens is 1. The minimum atomic E-state index is -0.0253. The van der Waals surface area contributed by atoms with Crippen molar-refractivity contribution in [3.8, 4) is 5.75 Å². The predicted molar refractivity (Wildman–Crippen MR) is 148 cm³/mol. The molecule has 2 aromatic rings. The van der Waals surface area contributed by atoms with Crippen molar-refractivity contribution in [2.75, 3.05) is 6.54 Å². The number of hydrogen-bond donors (Lipinski definition) is 3. The number of rotatable bonds is 18. The second kappa shape index (κ2) is 20.4. The Labute approximate surface area is 209 Å². The van der Waals surface area contributed by atoms with Gasteiger partial charge in [0.1, 0.15) is 5.75 Å². The van der Waals surface area contributed by atoms with Crippen LogP contribution in [0.3, 0.4) is 0 Å². The number of aromatic hydroxyl groups is 1. The first kappa shape index (κ1) is 30.1. The van der Waals surface area contributed by atoms with E-state index in [9.17, 15) is 9.90 Å². The van der Waals surface area contributed by atoms with E-state index in [4.69, 9.17) is 0 Å². The minimum Gasteiger partial charge on any atom is -0.508 e. The summed E-state index contributed by atoms with van der Waals surface area (Å²) in [6.07, 6.45) is 26.1. The van der Waals surface area contributed by atoms with Crippen molar-refractivity contribution in [3.05, 3.63) is 30.0 Å². The van der Waals surface area contributed by atoms with E-state index >= 15 is 0 Å². The number of benzene rings is 1. The average Bonchev–Trinajstić information content (AvgIpc) is 3.21. The van der Waals surface area contributed by atoms with Crippen LogP contribution in [0.4, 0.5) is 0 Å². The standard InChI is InChI=1S/C18H38.C12H14N2O2/c1-3-5-7-9-11-13-15-17-18-16-14-12-10-8-6-4-2;1-8(15)13-5-4-9-7-14-12-3-2-10(16)6-11(9)12/h3-18H2,1-2H3;2-3,6-7,14,16H,4-5H2,1H3,(H,13,15). The summed E-state index contributed by atoms with van der Waals surface area (Å²) in [7, 11) is 0. The van der Waals surface area contributed by atoms with Crippen molar-refractivity contribution in [3.63, 3.8) is 0 Å². The molecule has 3 N–H and O–H groups in total. The quantitative estimate of drug-likeness (QED) is 0.190. The lowest BCUT2D eigenvalue weighted by molar-refractivity contribution is -0.118. The number of unbranched alkanes of at least 4 members (excludes halogenated alkanes) is 15. The third-order valence-electron chi connectivity index (χ3n) is 6.48. The number of carbonyl (C=O) groups excluding carboxylic acids is 1. The van der Waals surface area contributed by atoms with Gasteiger partial charge in [-0.1, -0.05) is 117 Å². The molecular formula is C30H52N2O2. The maximum absolute atomic E-state index is 10.7. The van der Waals surface area contributed by atoms with E-state index in [1.165, 1.54) is 110 Å².